The Hall–Kier alpha value is -2.96. The van der Waals surface area contributed by atoms with Crippen LogP contribution in [0.2, 0.25) is 0 Å². The van der Waals surface area contributed by atoms with Crippen LogP contribution in [0.1, 0.15) is 25.8 Å². The highest BCUT2D eigenvalue weighted by molar-refractivity contribution is 6.09. The molecule has 1 saturated heterocycles. The average Bonchev–Trinajstić information content (AvgIpc) is 3.36. The summed E-state index contributed by atoms with van der Waals surface area (Å²) in [7, 11) is 0. The van der Waals surface area contributed by atoms with E-state index in [1.165, 1.54) is 0 Å². The first-order valence-corrected chi connectivity index (χ1v) is 10.4. The first-order valence-electron chi connectivity index (χ1n) is 10.4. The molecule has 2 fully saturated rings. The van der Waals surface area contributed by atoms with Gasteiger partial charge in [0.05, 0.1) is 11.8 Å². The lowest BCUT2D eigenvalue weighted by Gasteiger charge is -2.28. The number of amides is 3. The van der Waals surface area contributed by atoms with Crippen LogP contribution in [0.3, 0.4) is 0 Å². The van der Waals surface area contributed by atoms with Crippen LogP contribution in [0.15, 0.2) is 36.4 Å². The normalized spacial score (nSPS) is 27.5. The van der Waals surface area contributed by atoms with Crippen LogP contribution >= 0.6 is 0 Å². The monoisotopic (exact) mass is 410 g/mol. The number of imide groups is 1. The molecular weight excluding hydrogens is 384 g/mol. The molecule has 1 aromatic carbocycles. The molecule has 0 aromatic heterocycles. The molecule has 7 nitrogen and oxygen atoms in total. The van der Waals surface area contributed by atoms with Crippen LogP contribution in [0.4, 0.5) is 5.69 Å². The Morgan fingerprint density at radius 3 is 2.33 bits per heavy atom. The summed E-state index contributed by atoms with van der Waals surface area (Å²) in [4.78, 5) is 52.2. The second kappa shape index (κ2) is 7.70. The lowest BCUT2D eigenvalue weighted by Crippen LogP contribution is -2.50. The number of hydrogen-bond acceptors (Lipinski definition) is 5. The van der Waals surface area contributed by atoms with E-state index in [-0.39, 0.29) is 41.4 Å². The van der Waals surface area contributed by atoms with Crippen molar-refractivity contribution in [1.82, 2.24) is 4.90 Å². The average molecular weight is 410 g/mol. The number of aryl methyl sites for hydroxylation is 1. The Morgan fingerprint density at radius 1 is 1.13 bits per heavy atom. The summed E-state index contributed by atoms with van der Waals surface area (Å²) in [5.74, 6) is -2.70. The van der Waals surface area contributed by atoms with Crippen molar-refractivity contribution >= 4 is 29.4 Å². The van der Waals surface area contributed by atoms with Crippen molar-refractivity contribution in [3.63, 3.8) is 0 Å². The van der Waals surface area contributed by atoms with E-state index in [1.54, 1.807) is 26.0 Å². The highest BCUT2D eigenvalue weighted by atomic mass is 16.5. The summed E-state index contributed by atoms with van der Waals surface area (Å²) in [6.07, 6.45) is 4.86. The molecule has 0 unspecified atom stereocenters. The van der Waals surface area contributed by atoms with Gasteiger partial charge in [0.2, 0.25) is 11.8 Å². The van der Waals surface area contributed by atoms with E-state index in [0.717, 1.165) is 16.9 Å². The van der Waals surface area contributed by atoms with Crippen LogP contribution in [0.25, 0.3) is 0 Å². The predicted molar refractivity (Wildman–Crippen MR) is 109 cm³/mol. The van der Waals surface area contributed by atoms with Crippen molar-refractivity contribution in [1.29, 1.82) is 0 Å². The maximum Gasteiger partial charge on any atom is 0.330 e. The van der Waals surface area contributed by atoms with E-state index < -0.39 is 24.5 Å². The molecule has 7 heteroatoms. The molecule has 5 atom stereocenters. The number of allylic oxidation sites excluding steroid dienone is 2. The number of carbonyl (C=O) groups is 4. The summed E-state index contributed by atoms with van der Waals surface area (Å²) >= 11 is 0. The number of benzene rings is 1. The van der Waals surface area contributed by atoms with E-state index in [4.69, 9.17) is 4.74 Å². The van der Waals surface area contributed by atoms with Gasteiger partial charge in [-0.2, -0.15) is 0 Å². The Balaban J connectivity index is 1.42. The van der Waals surface area contributed by atoms with Crippen molar-refractivity contribution in [2.75, 3.05) is 11.9 Å². The van der Waals surface area contributed by atoms with Gasteiger partial charge in [-0.25, -0.2) is 4.79 Å². The van der Waals surface area contributed by atoms with Gasteiger partial charge < -0.3 is 10.1 Å². The fraction of sp³-hybridized carbons (Fsp3) is 0.478. The minimum absolute atomic E-state index is 0.0744. The number of nitrogens with one attached hydrogen (secondary N) is 1. The van der Waals surface area contributed by atoms with E-state index in [2.05, 4.69) is 5.32 Å². The second-order valence-corrected chi connectivity index (χ2v) is 8.76. The van der Waals surface area contributed by atoms with E-state index in [1.807, 2.05) is 31.2 Å². The van der Waals surface area contributed by atoms with Crippen LogP contribution in [-0.2, 0) is 23.9 Å². The van der Waals surface area contributed by atoms with Crippen LogP contribution < -0.4 is 5.32 Å². The minimum atomic E-state index is -1.03. The van der Waals surface area contributed by atoms with Gasteiger partial charge in [0.25, 0.3) is 5.91 Å². The van der Waals surface area contributed by atoms with Crippen LogP contribution in [-0.4, -0.2) is 41.2 Å². The summed E-state index contributed by atoms with van der Waals surface area (Å²) in [5.41, 5.74) is 1.60. The minimum Gasteiger partial charge on any atom is -0.454 e. The van der Waals surface area contributed by atoms with Crippen molar-refractivity contribution in [3.8, 4) is 0 Å². The van der Waals surface area contributed by atoms with E-state index >= 15 is 0 Å². The summed E-state index contributed by atoms with van der Waals surface area (Å²) in [6, 6.07) is 6.24. The molecule has 158 valence electrons. The van der Waals surface area contributed by atoms with E-state index in [9.17, 15) is 19.2 Å². The number of ether oxygens (including phenoxy) is 1. The van der Waals surface area contributed by atoms with Crippen molar-refractivity contribution < 1.29 is 23.9 Å². The standard InChI is InChI=1S/C23H26N2O5/c1-12(2)20(23(29)30-11-17(26)24-16-6-4-5-13(3)9-16)25-21(27)18-14-7-8-15(10-14)19(18)22(25)28/h4-9,12,14-15,18-20H,10-11H2,1-3H3,(H,24,26)/t14-,15-,18-,19+,20+/m0/s1. The molecule has 1 heterocycles. The zero-order chi connectivity index (χ0) is 21.6. The summed E-state index contributed by atoms with van der Waals surface area (Å²) < 4.78 is 5.22. The predicted octanol–water partition coefficient (Wildman–Crippen LogP) is 2.31. The molecule has 1 aliphatic heterocycles. The van der Waals surface area contributed by atoms with Gasteiger partial charge in [0.15, 0.2) is 6.61 Å². The number of esters is 1. The molecule has 4 rings (SSSR count). The molecule has 2 bridgehead atoms. The maximum absolute atomic E-state index is 13.0. The third-order valence-electron chi connectivity index (χ3n) is 6.30. The largest absolute Gasteiger partial charge is 0.454 e. The second-order valence-electron chi connectivity index (χ2n) is 8.76. The number of anilines is 1. The van der Waals surface area contributed by atoms with Gasteiger partial charge in [0.1, 0.15) is 6.04 Å². The number of fused-ring (bicyclic) bond motifs is 5. The topological polar surface area (TPSA) is 92.8 Å². The third-order valence-corrected chi connectivity index (χ3v) is 6.30. The van der Waals surface area contributed by atoms with E-state index in [0.29, 0.717) is 5.69 Å². The fourth-order valence-electron chi connectivity index (χ4n) is 5.02. The first kappa shape index (κ1) is 20.3. The lowest BCUT2D eigenvalue weighted by molar-refractivity contribution is -0.162. The number of likely N-dealkylation sites (tertiary alicyclic amines) is 1. The van der Waals surface area contributed by atoms with Gasteiger partial charge in [-0.1, -0.05) is 38.1 Å². The zero-order valence-electron chi connectivity index (χ0n) is 17.3. The van der Waals surface area contributed by atoms with Crippen LogP contribution in [0, 0.1) is 36.5 Å². The Morgan fingerprint density at radius 2 is 1.77 bits per heavy atom. The van der Waals surface area contributed by atoms with Gasteiger partial charge in [0, 0.05) is 5.69 Å². The number of carbonyl (C=O) groups excluding carboxylic acids is 4. The molecule has 0 spiro atoms. The maximum atomic E-state index is 13.0. The highest BCUT2D eigenvalue weighted by Gasteiger charge is 2.61. The van der Waals surface area contributed by atoms with Crippen molar-refractivity contribution in [2.45, 2.75) is 33.2 Å². The first-order chi connectivity index (χ1) is 14.3. The van der Waals surface area contributed by atoms with Gasteiger partial charge in [-0.05, 0) is 48.8 Å². The summed E-state index contributed by atoms with van der Waals surface area (Å²) in [6.45, 7) is 4.95. The molecule has 1 N–H and O–H groups in total. The Bertz CT molecular complexity index is 907. The molecule has 1 aromatic rings. The van der Waals surface area contributed by atoms with Crippen LogP contribution in [0.5, 0.6) is 0 Å². The smallest absolute Gasteiger partial charge is 0.330 e. The number of rotatable bonds is 6. The molecule has 3 aliphatic rings. The third kappa shape index (κ3) is 3.42. The van der Waals surface area contributed by atoms with Gasteiger partial charge >= 0.3 is 5.97 Å². The zero-order valence-corrected chi connectivity index (χ0v) is 17.3. The highest BCUT2D eigenvalue weighted by Crippen LogP contribution is 2.53. The molecule has 3 amide bonds. The van der Waals surface area contributed by atoms with Crippen molar-refractivity contribution in [2.24, 2.45) is 29.6 Å². The fourth-order valence-corrected chi connectivity index (χ4v) is 5.02. The molecular formula is C23H26N2O5. The number of hydrogen-bond donors (Lipinski definition) is 1. The molecule has 1 saturated carbocycles. The van der Waals surface area contributed by atoms with Gasteiger partial charge in [-0.3, -0.25) is 19.3 Å². The molecule has 0 radical (unpaired) electrons. The Labute approximate surface area is 175 Å². The molecule has 30 heavy (non-hydrogen) atoms. The van der Waals surface area contributed by atoms with Gasteiger partial charge in [-0.15, -0.1) is 0 Å². The van der Waals surface area contributed by atoms with Crippen molar-refractivity contribution in [3.05, 3.63) is 42.0 Å². The lowest BCUT2D eigenvalue weighted by atomic mass is 9.85. The number of nitrogens with zero attached hydrogens (tertiary/aromatic N) is 1. The quantitative estimate of drug-likeness (QED) is 0.441. The molecule has 2 aliphatic carbocycles. The SMILES string of the molecule is Cc1cccc(NC(=O)COC(=O)[C@@H](C(C)C)N2C(=O)[C@@H]3[C@H](C2=O)[C@H]2C=C[C@H]3C2)c1. The summed E-state index contributed by atoms with van der Waals surface area (Å²) in [5, 5.41) is 2.67. The Kier molecular flexibility index (Phi) is 5.22.